The maximum Gasteiger partial charge on any atom is 0.243 e. The summed E-state index contributed by atoms with van der Waals surface area (Å²) in [6.07, 6.45) is 0. The van der Waals surface area contributed by atoms with Crippen LogP contribution in [0.2, 0.25) is 0 Å². The molecule has 1 aromatic carbocycles. The van der Waals surface area contributed by atoms with Crippen molar-refractivity contribution in [1.29, 1.82) is 5.26 Å². The fraction of sp³-hybridized carbons (Fsp3) is 0.471. The van der Waals surface area contributed by atoms with Gasteiger partial charge >= 0.3 is 0 Å². The molecule has 2 rings (SSSR count). The zero-order valence-electron chi connectivity index (χ0n) is 14.0. The lowest BCUT2D eigenvalue weighted by Crippen LogP contribution is -2.24. The van der Waals surface area contributed by atoms with Crippen molar-refractivity contribution < 1.29 is 9.26 Å². The molecule has 122 valence electrons. The third-order valence-electron chi connectivity index (χ3n) is 3.29. The van der Waals surface area contributed by atoms with Gasteiger partial charge in [0.15, 0.2) is 5.82 Å². The molecule has 0 amide bonds. The SMILES string of the molecule is CC(NCCOc1ccc(C#N)cc1)c1nc(C(C)(C)C)no1. The summed E-state index contributed by atoms with van der Waals surface area (Å²) in [4.78, 5) is 4.43. The van der Waals surface area contributed by atoms with Crippen LogP contribution in [0.3, 0.4) is 0 Å². The Kier molecular flexibility index (Phi) is 5.35. The van der Waals surface area contributed by atoms with E-state index >= 15 is 0 Å². The normalized spacial score (nSPS) is 12.7. The second-order valence-corrected chi connectivity index (χ2v) is 6.37. The lowest BCUT2D eigenvalue weighted by atomic mass is 9.96. The Balaban J connectivity index is 1.77. The number of benzene rings is 1. The topological polar surface area (TPSA) is 84.0 Å². The first-order valence-electron chi connectivity index (χ1n) is 7.60. The molecule has 0 bridgehead atoms. The van der Waals surface area contributed by atoms with E-state index in [4.69, 9.17) is 14.5 Å². The molecule has 2 aromatic rings. The Morgan fingerprint density at radius 3 is 2.57 bits per heavy atom. The molecule has 23 heavy (non-hydrogen) atoms. The number of hydrogen-bond donors (Lipinski definition) is 1. The van der Waals surface area contributed by atoms with Crippen molar-refractivity contribution in [3.63, 3.8) is 0 Å². The molecule has 1 N–H and O–H groups in total. The molecule has 0 radical (unpaired) electrons. The zero-order chi connectivity index (χ0) is 16.9. The van der Waals surface area contributed by atoms with Gasteiger partial charge in [0.05, 0.1) is 17.7 Å². The number of nitriles is 1. The summed E-state index contributed by atoms with van der Waals surface area (Å²) in [5.74, 6) is 2.02. The maximum absolute atomic E-state index is 8.74. The highest BCUT2D eigenvalue weighted by molar-refractivity contribution is 5.34. The highest BCUT2D eigenvalue weighted by Gasteiger charge is 2.22. The summed E-state index contributed by atoms with van der Waals surface area (Å²) in [6, 6.07) is 9.08. The number of nitrogens with one attached hydrogen (secondary N) is 1. The van der Waals surface area contributed by atoms with Crippen LogP contribution in [-0.2, 0) is 5.41 Å². The molecule has 0 spiro atoms. The van der Waals surface area contributed by atoms with Gasteiger partial charge in [0.2, 0.25) is 5.89 Å². The Hall–Kier alpha value is -2.39. The van der Waals surface area contributed by atoms with Gasteiger partial charge in [-0.1, -0.05) is 25.9 Å². The highest BCUT2D eigenvalue weighted by atomic mass is 16.5. The van der Waals surface area contributed by atoms with Crippen molar-refractivity contribution in [3.8, 4) is 11.8 Å². The van der Waals surface area contributed by atoms with E-state index in [-0.39, 0.29) is 11.5 Å². The number of nitrogens with zero attached hydrogens (tertiary/aromatic N) is 3. The van der Waals surface area contributed by atoms with Crippen molar-refractivity contribution in [2.45, 2.75) is 39.2 Å². The molecule has 0 saturated heterocycles. The van der Waals surface area contributed by atoms with Crippen LogP contribution < -0.4 is 10.1 Å². The molecule has 1 aromatic heterocycles. The maximum atomic E-state index is 8.74. The first kappa shape index (κ1) is 17.0. The number of ether oxygens (including phenoxy) is 1. The minimum absolute atomic E-state index is 0.0387. The smallest absolute Gasteiger partial charge is 0.243 e. The number of rotatable bonds is 6. The van der Waals surface area contributed by atoms with Crippen LogP contribution in [0.15, 0.2) is 28.8 Å². The lowest BCUT2D eigenvalue weighted by molar-refractivity contribution is 0.289. The Labute approximate surface area is 136 Å². The molecular formula is C17H22N4O2. The van der Waals surface area contributed by atoms with Gasteiger partial charge in [-0.15, -0.1) is 0 Å². The molecule has 1 atom stereocenters. The third-order valence-corrected chi connectivity index (χ3v) is 3.29. The van der Waals surface area contributed by atoms with E-state index in [9.17, 15) is 0 Å². The number of hydrogen-bond acceptors (Lipinski definition) is 6. The first-order chi connectivity index (χ1) is 10.9. The lowest BCUT2D eigenvalue weighted by Gasteiger charge is -2.12. The van der Waals surface area contributed by atoms with E-state index < -0.39 is 0 Å². The third kappa shape index (κ3) is 4.80. The predicted molar refractivity (Wildman–Crippen MR) is 86.1 cm³/mol. The minimum Gasteiger partial charge on any atom is -0.492 e. The molecule has 1 unspecified atom stereocenters. The summed E-state index contributed by atoms with van der Waals surface area (Å²) in [6.45, 7) is 9.27. The zero-order valence-corrected chi connectivity index (χ0v) is 14.0. The molecule has 0 aliphatic heterocycles. The van der Waals surface area contributed by atoms with Crippen molar-refractivity contribution in [1.82, 2.24) is 15.5 Å². The van der Waals surface area contributed by atoms with Gasteiger partial charge in [-0.25, -0.2) is 0 Å². The predicted octanol–water partition coefficient (Wildman–Crippen LogP) is 2.97. The monoisotopic (exact) mass is 314 g/mol. The largest absolute Gasteiger partial charge is 0.492 e. The second-order valence-electron chi connectivity index (χ2n) is 6.37. The average Bonchev–Trinajstić information content (AvgIpc) is 3.02. The number of aromatic nitrogens is 2. The Morgan fingerprint density at radius 1 is 1.30 bits per heavy atom. The van der Waals surface area contributed by atoms with Crippen LogP contribution >= 0.6 is 0 Å². The highest BCUT2D eigenvalue weighted by Crippen LogP contribution is 2.20. The average molecular weight is 314 g/mol. The Morgan fingerprint density at radius 2 is 2.00 bits per heavy atom. The van der Waals surface area contributed by atoms with Crippen molar-refractivity contribution in [2.24, 2.45) is 0 Å². The summed E-state index contributed by atoms with van der Waals surface area (Å²) >= 11 is 0. The van der Waals surface area contributed by atoms with E-state index in [1.54, 1.807) is 24.3 Å². The van der Waals surface area contributed by atoms with Crippen molar-refractivity contribution in [3.05, 3.63) is 41.5 Å². The first-order valence-corrected chi connectivity index (χ1v) is 7.60. The summed E-state index contributed by atoms with van der Waals surface area (Å²) in [5, 5.41) is 16.0. The van der Waals surface area contributed by atoms with Gasteiger partial charge in [0.25, 0.3) is 0 Å². The molecule has 0 aliphatic carbocycles. The fourth-order valence-corrected chi connectivity index (χ4v) is 1.87. The molecule has 6 nitrogen and oxygen atoms in total. The fourth-order valence-electron chi connectivity index (χ4n) is 1.87. The summed E-state index contributed by atoms with van der Waals surface area (Å²) < 4.78 is 10.9. The summed E-state index contributed by atoms with van der Waals surface area (Å²) in [5.41, 5.74) is 0.496. The van der Waals surface area contributed by atoms with E-state index in [1.807, 2.05) is 27.7 Å². The van der Waals surface area contributed by atoms with E-state index in [2.05, 4.69) is 21.5 Å². The van der Waals surface area contributed by atoms with Crippen LogP contribution in [0.25, 0.3) is 0 Å². The molecule has 0 fully saturated rings. The van der Waals surface area contributed by atoms with Crippen molar-refractivity contribution >= 4 is 0 Å². The van der Waals surface area contributed by atoms with E-state index in [0.717, 1.165) is 5.75 Å². The Bertz CT molecular complexity index is 665. The molecular weight excluding hydrogens is 292 g/mol. The molecule has 6 heteroatoms. The molecule has 0 saturated carbocycles. The van der Waals surface area contributed by atoms with Gasteiger partial charge in [0, 0.05) is 12.0 Å². The van der Waals surface area contributed by atoms with E-state index in [0.29, 0.717) is 30.4 Å². The van der Waals surface area contributed by atoms with Gasteiger partial charge < -0.3 is 14.6 Å². The van der Waals surface area contributed by atoms with Crippen LogP contribution in [0.4, 0.5) is 0 Å². The van der Waals surface area contributed by atoms with E-state index in [1.165, 1.54) is 0 Å². The quantitative estimate of drug-likeness (QED) is 0.825. The minimum atomic E-state index is -0.125. The molecule has 0 aliphatic rings. The van der Waals surface area contributed by atoms with Crippen LogP contribution in [0.1, 0.15) is 51.0 Å². The van der Waals surface area contributed by atoms with Gasteiger partial charge in [-0.2, -0.15) is 10.2 Å². The van der Waals surface area contributed by atoms with Crippen LogP contribution in [0, 0.1) is 11.3 Å². The van der Waals surface area contributed by atoms with Gasteiger partial charge in [0.1, 0.15) is 12.4 Å². The molecule has 1 heterocycles. The van der Waals surface area contributed by atoms with Crippen LogP contribution in [0.5, 0.6) is 5.75 Å². The van der Waals surface area contributed by atoms with Gasteiger partial charge in [-0.3, -0.25) is 0 Å². The van der Waals surface area contributed by atoms with Crippen LogP contribution in [-0.4, -0.2) is 23.3 Å². The standard InChI is InChI=1S/C17H22N4O2/c1-12(15-20-16(21-23-15)17(2,3)4)19-9-10-22-14-7-5-13(11-18)6-8-14/h5-8,12,19H,9-10H2,1-4H3. The van der Waals surface area contributed by atoms with Crippen molar-refractivity contribution in [2.75, 3.05) is 13.2 Å². The second kappa shape index (κ2) is 7.25. The summed E-state index contributed by atoms with van der Waals surface area (Å²) in [7, 11) is 0. The van der Waals surface area contributed by atoms with Gasteiger partial charge in [-0.05, 0) is 31.2 Å².